The molecule has 2 rings (SSSR count). The van der Waals surface area contributed by atoms with Crippen molar-refractivity contribution in [3.05, 3.63) is 45.7 Å². The van der Waals surface area contributed by atoms with Gasteiger partial charge in [0.05, 0.1) is 5.69 Å². The third kappa shape index (κ3) is 3.90. The van der Waals surface area contributed by atoms with Crippen molar-refractivity contribution in [1.29, 1.82) is 0 Å². The van der Waals surface area contributed by atoms with E-state index in [9.17, 15) is 9.59 Å². The lowest BCUT2D eigenvalue weighted by Crippen LogP contribution is -2.20. The number of carbonyl (C=O) groups is 2. The van der Waals surface area contributed by atoms with Gasteiger partial charge in [-0.2, -0.15) is 0 Å². The number of halogens is 2. The zero-order valence-electron chi connectivity index (χ0n) is 10.8. The predicted molar refractivity (Wildman–Crippen MR) is 81.6 cm³/mol. The van der Waals surface area contributed by atoms with Gasteiger partial charge in [-0.15, -0.1) is 0 Å². The summed E-state index contributed by atoms with van der Waals surface area (Å²) in [7, 11) is 0. The summed E-state index contributed by atoms with van der Waals surface area (Å²) in [6, 6.07) is 5.49. The van der Waals surface area contributed by atoms with Gasteiger partial charge < -0.3 is 20.7 Å². The lowest BCUT2D eigenvalue weighted by atomic mass is 10.3. The Bertz CT molecular complexity index is 692. The van der Waals surface area contributed by atoms with Crippen LogP contribution in [0, 0.1) is 6.92 Å². The Labute approximate surface area is 130 Å². The van der Waals surface area contributed by atoms with E-state index in [2.05, 4.69) is 15.6 Å². The molecule has 0 saturated heterocycles. The summed E-state index contributed by atoms with van der Waals surface area (Å²) in [6.45, 7) is 1.69. The van der Waals surface area contributed by atoms with Gasteiger partial charge in [0.15, 0.2) is 0 Å². The highest BCUT2D eigenvalue weighted by Crippen LogP contribution is 2.23. The molecular weight excluding hydrogens is 317 g/mol. The van der Waals surface area contributed by atoms with E-state index >= 15 is 0 Å². The number of H-pyrrole nitrogens is 1. The molecule has 1 heterocycles. The molecule has 1 aromatic carbocycles. The van der Waals surface area contributed by atoms with Crippen molar-refractivity contribution in [3.63, 3.8) is 0 Å². The molecule has 0 atom stereocenters. The number of aryl methyl sites for hydroxylation is 1. The van der Waals surface area contributed by atoms with Crippen molar-refractivity contribution in [1.82, 2.24) is 4.98 Å². The average Bonchev–Trinajstić information content (AvgIpc) is 2.68. The summed E-state index contributed by atoms with van der Waals surface area (Å²) in [4.78, 5) is 25.5. The van der Waals surface area contributed by atoms with Crippen LogP contribution in [0.1, 0.15) is 16.2 Å². The first kappa shape index (κ1) is 15.2. The zero-order chi connectivity index (χ0) is 15.6. The highest BCUT2D eigenvalue weighted by Gasteiger charge is 2.15. The molecule has 6 nitrogen and oxygen atoms in total. The molecule has 2 aromatic rings. The lowest BCUT2D eigenvalue weighted by Gasteiger charge is -2.08. The molecule has 0 aliphatic carbocycles. The number of hydrogen-bond acceptors (Lipinski definition) is 2. The van der Waals surface area contributed by atoms with Crippen LogP contribution >= 0.6 is 23.2 Å². The van der Waals surface area contributed by atoms with E-state index in [1.54, 1.807) is 6.92 Å². The van der Waals surface area contributed by atoms with E-state index in [-0.39, 0.29) is 11.4 Å². The topological polar surface area (TPSA) is 94.2 Å². The lowest BCUT2D eigenvalue weighted by molar-refractivity contribution is 0.0692. The van der Waals surface area contributed by atoms with Crippen molar-refractivity contribution in [3.8, 4) is 0 Å². The van der Waals surface area contributed by atoms with Gasteiger partial charge in [0.2, 0.25) is 0 Å². The first-order valence-electron chi connectivity index (χ1n) is 5.82. The molecule has 0 saturated carbocycles. The van der Waals surface area contributed by atoms with Gasteiger partial charge in [-0.25, -0.2) is 9.59 Å². The predicted octanol–water partition coefficient (Wildman–Crippen LogP) is 3.97. The molecule has 0 spiro atoms. The number of amides is 2. The quantitative estimate of drug-likeness (QED) is 0.686. The summed E-state index contributed by atoms with van der Waals surface area (Å²) in [5.41, 5.74) is 1.10. The highest BCUT2D eigenvalue weighted by molar-refractivity contribution is 6.35. The van der Waals surface area contributed by atoms with Crippen LogP contribution < -0.4 is 10.6 Å². The van der Waals surface area contributed by atoms with Gasteiger partial charge in [0, 0.05) is 21.4 Å². The van der Waals surface area contributed by atoms with Crippen LogP contribution in [0.3, 0.4) is 0 Å². The van der Waals surface area contributed by atoms with E-state index in [0.717, 1.165) is 0 Å². The van der Waals surface area contributed by atoms with E-state index in [0.29, 0.717) is 21.4 Å². The second kappa shape index (κ2) is 6.07. The van der Waals surface area contributed by atoms with Crippen molar-refractivity contribution in [2.75, 3.05) is 10.6 Å². The van der Waals surface area contributed by atoms with E-state index in [4.69, 9.17) is 28.3 Å². The van der Waals surface area contributed by atoms with Crippen molar-refractivity contribution in [2.24, 2.45) is 0 Å². The fourth-order valence-corrected chi connectivity index (χ4v) is 2.29. The number of aromatic amines is 1. The number of hydrogen-bond donors (Lipinski definition) is 4. The van der Waals surface area contributed by atoms with E-state index in [1.165, 1.54) is 24.3 Å². The van der Waals surface area contributed by atoms with Crippen molar-refractivity contribution >= 4 is 46.6 Å². The second-order valence-corrected chi connectivity index (χ2v) is 5.16. The van der Waals surface area contributed by atoms with Crippen LogP contribution in [0.2, 0.25) is 10.0 Å². The summed E-state index contributed by atoms with van der Waals surface area (Å²) < 4.78 is 0. The molecule has 1 aromatic heterocycles. The van der Waals surface area contributed by atoms with Crippen LogP contribution in [-0.2, 0) is 0 Å². The Kier molecular flexibility index (Phi) is 4.40. The van der Waals surface area contributed by atoms with Crippen LogP contribution in [0.15, 0.2) is 24.3 Å². The molecule has 2 amide bonds. The Hall–Kier alpha value is -2.18. The molecule has 110 valence electrons. The summed E-state index contributed by atoms with van der Waals surface area (Å²) in [5.74, 6) is -1.16. The molecule has 0 fully saturated rings. The van der Waals surface area contributed by atoms with Crippen LogP contribution in [0.4, 0.5) is 16.2 Å². The second-order valence-electron chi connectivity index (χ2n) is 4.28. The van der Waals surface area contributed by atoms with Crippen molar-refractivity contribution in [2.45, 2.75) is 6.92 Å². The molecule has 0 bridgehead atoms. The number of nitrogens with one attached hydrogen (secondary N) is 3. The maximum absolute atomic E-state index is 11.9. The minimum atomic E-state index is -1.16. The third-order valence-corrected chi connectivity index (χ3v) is 2.97. The van der Waals surface area contributed by atoms with Crippen LogP contribution in [0.5, 0.6) is 0 Å². The van der Waals surface area contributed by atoms with Crippen LogP contribution in [0.25, 0.3) is 0 Å². The Balaban J connectivity index is 2.13. The standard InChI is InChI=1S/C13H11Cl2N3O3/c1-6-2-10(11(16-6)12(19)20)18-13(21)17-9-4-7(14)3-8(15)5-9/h2-5,16H,1H3,(H,19,20)(H2,17,18,21). The third-order valence-electron chi connectivity index (χ3n) is 2.53. The van der Waals surface area contributed by atoms with E-state index < -0.39 is 12.0 Å². The molecule has 0 aliphatic heterocycles. The molecule has 4 N–H and O–H groups in total. The molecule has 0 unspecified atom stereocenters. The number of rotatable bonds is 3. The monoisotopic (exact) mass is 327 g/mol. The average molecular weight is 328 g/mol. The highest BCUT2D eigenvalue weighted by atomic mass is 35.5. The molecule has 21 heavy (non-hydrogen) atoms. The van der Waals surface area contributed by atoms with Gasteiger partial charge in [-0.1, -0.05) is 23.2 Å². The summed E-state index contributed by atoms with van der Waals surface area (Å²) in [5, 5.41) is 14.7. The van der Waals surface area contributed by atoms with Gasteiger partial charge in [0.1, 0.15) is 5.69 Å². The Morgan fingerprint density at radius 3 is 2.29 bits per heavy atom. The zero-order valence-corrected chi connectivity index (χ0v) is 12.3. The maximum atomic E-state index is 11.9. The number of benzene rings is 1. The SMILES string of the molecule is Cc1cc(NC(=O)Nc2cc(Cl)cc(Cl)c2)c(C(=O)O)[nH]1. The number of carbonyl (C=O) groups excluding carboxylic acids is 1. The van der Waals surface area contributed by atoms with Crippen LogP contribution in [-0.4, -0.2) is 22.1 Å². The maximum Gasteiger partial charge on any atom is 0.354 e. The number of aromatic carboxylic acids is 1. The number of carboxylic acid groups (broad SMARTS) is 1. The van der Waals surface area contributed by atoms with Gasteiger partial charge in [-0.05, 0) is 31.2 Å². The van der Waals surface area contributed by atoms with Gasteiger partial charge in [0.25, 0.3) is 0 Å². The number of anilines is 2. The minimum Gasteiger partial charge on any atom is -0.477 e. The fraction of sp³-hybridized carbons (Fsp3) is 0.0769. The Morgan fingerprint density at radius 1 is 1.10 bits per heavy atom. The largest absolute Gasteiger partial charge is 0.477 e. The number of carboxylic acids is 1. The summed E-state index contributed by atoms with van der Waals surface area (Å²) in [6.07, 6.45) is 0. The number of aromatic nitrogens is 1. The minimum absolute atomic E-state index is 0.0909. The molecule has 8 heteroatoms. The summed E-state index contributed by atoms with van der Waals surface area (Å²) >= 11 is 11.7. The molecule has 0 radical (unpaired) electrons. The normalized spacial score (nSPS) is 10.2. The number of urea groups is 1. The fourth-order valence-electron chi connectivity index (χ4n) is 1.77. The Morgan fingerprint density at radius 2 is 1.71 bits per heavy atom. The van der Waals surface area contributed by atoms with Gasteiger partial charge >= 0.3 is 12.0 Å². The van der Waals surface area contributed by atoms with E-state index in [1.807, 2.05) is 0 Å². The smallest absolute Gasteiger partial charge is 0.354 e. The molecular formula is C13H11Cl2N3O3. The first-order chi connectivity index (χ1) is 9.85. The molecule has 0 aliphatic rings. The van der Waals surface area contributed by atoms with Gasteiger partial charge in [-0.3, -0.25) is 0 Å². The van der Waals surface area contributed by atoms with Crippen molar-refractivity contribution < 1.29 is 14.7 Å². The first-order valence-corrected chi connectivity index (χ1v) is 6.58.